The first-order valence-corrected chi connectivity index (χ1v) is 14.2. The van der Waals surface area contributed by atoms with E-state index in [1.807, 2.05) is 19.9 Å². The summed E-state index contributed by atoms with van der Waals surface area (Å²) >= 11 is 0. The highest BCUT2D eigenvalue weighted by atomic mass is 16.6. The molecule has 8 atom stereocenters. The number of aliphatic hydroxyl groups is 3. The van der Waals surface area contributed by atoms with Crippen LogP contribution < -0.4 is 0 Å². The van der Waals surface area contributed by atoms with Crippen LogP contribution >= 0.6 is 0 Å². The Hall–Kier alpha value is -2.29. The van der Waals surface area contributed by atoms with Crippen molar-refractivity contribution in [3.63, 3.8) is 0 Å². The second kappa shape index (κ2) is 9.11. The lowest BCUT2D eigenvalue weighted by molar-refractivity contribution is -0.288. The molecule has 1 aliphatic heterocycles. The molecule has 5 rings (SSSR count). The van der Waals surface area contributed by atoms with E-state index in [9.17, 15) is 29.7 Å². The van der Waals surface area contributed by atoms with Gasteiger partial charge in [0.2, 0.25) is 0 Å². The molecule has 0 aromatic heterocycles. The van der Waals surface area contributed by atoms with Crippen molar-refractivity contribution in [1.29, 1.82) is 0 Å². The Morgan fingerprint density at radius 3 is 2.56 bits per heavy atom. The minimum Gasteiger partial charge on any atom is -0.466 e. The fraction of sp³-hybridized carbons (Fsp3) is 0.710. The second-order valence-corrected chi connectivity index (χ2v) is 13.0. The van der Waals surface area contributed by atoms with Crippen LogP contribution in [0, 0.1) is 22.7 Å². The number of ether oxygens (including phenoxy) is 2. The molecule has 39 heavy (non-hydrogen) atoms. The van der Waals surface area contributed by atoms with Gasteiger partial charge < -0.3 is 24.8 Å². The van der Waals surface area contributed by atoms with Gasteiger partial charge in [-0.3, -0.25) is 9.59 Å². The SMILES string of the molecule is CC(=O)OCC[C@]12CC[C@H]3[C@@H](CC=C4CC=CC(=O)[C@@]43C)[C@]1(O)CC[C@@]2(O)C(C)(O)[C@H]1CC(C)=C(C)C(=O)O1. The summed E-state index contributed by atoms with van der Waals surface area (Å²) in [6, 6.07) is 0. The lowest BCUT2D eigenvalue weighted by Gasteiger charge is -2.64. The number of esters is 2. The molecule has 0 aromatic rings. The summed E-state index contributed by atoms with van der Waals surface area (Å²) < 4.78 is 11.0. The van der Waals surface area contributed by atoms with E-state index < -0.39 is 45.7 Å². The molecule has 0 bridgehead atoms. The van der Waals surface area contributed by atoms with Gasteiger partial charge in [-0.2, -0.15) is 0 Å². The molecule has 2 saturated carbocycles. The number of carbonyl (C=O) groups excluding carboxylic acids is 3. The normalized spacial score (nSPS) is 43.1. The molecule has 0 aromatic carbocycles. The Bertz CT molecular complexity index is 1190. The van der Waals surface area contributed by atoms with E-state index >= 15 is 0 Å². The van der Waals surface area contributed by atoms with Crippen molar-refractivity contribution in [2.75, 3.05) is 6.61 Å². The largest absolute Gasteiger partial charge is 0.466 e. The predicted octanol–water partition coefficient (Wildman–Crippen LogP) is 3.48. The molecule has 3 N–H and O–H groups in total. The van der Waals surface area contributed by atoms with Crippen LogP contribution in [0.2, 0.25) is 0 Å². The van der Waals surface area contributed by atoms with Crippen LogP contribution in [-0.2, 0) is 23.9 Å². The summed E-state index contributed by atoms with van der Waals surface area (Å²) in [7, 11) is 0. The summed E-state index contributed by atoms with van der Waals surface area (Å²) in [5.41, 5.74) is -4.82. The van der Waals surface area contributed by atoms with Crippen molar-refractivity contribution in [3.8, 4) is 0 Å². The summed E-state index contributed by atoms with van der Waals surface area (Å²) in [6.45, 7) is 8.26. The van der Waals surface area contributed by atoms with Gasteiger partial charge in [0, 0.05) is 24.3 Å². The highest BCUT2D eigenvalue weighted by Gasteiger charge is 2.77. The lowest BCUT2D eigenvalue weighted by Crippen LogP contribution is -2.73. The Labute approximate surface area is 230 Å². The number of ketones is 1. The fourth-order valence-electron chi connectivity index (χ4n) is 9.08. The number of fused-ring (bicyclic) bond motifs is 5. The zero-order chi connectivity index (χ0) is 28.6. The van der Waals surface area contributed by atoms with Gasteiger partial charge in [-0.1, -0.05) is 23.3 Å². The average Bonchev–Trinajstić information content (AvgIpc) is 3.11. The van der Waals surface area contributed by atoms with Crippen molar-refractivity contribution in [2.45, 2.75) is 109 Å². The van der Waals surface area contributed by atoms with Crippen molar-refractivity contribution in [3.05, 3.63) is 34.9 Å². The number of hydrogen-bond donors (Lipinski definition) is 3. The second-order valence-electron chi connectivity index (χ2n) is 13.0. The summed E-state index contributed by atoms with van der Waals surface area (Å²) in [5, 5.41) is 37.6. The van der Waals surface area contributed by atoms with E-state index in [0.29, 0.717) is 31.3 Å². The Kier molecular flexibility index (Phi) is 6.60. The topological polar surface area (TPSA) is 130 Å². The monoisotopic (exact) mass is 542 g/mol. The van der Waals surface area contributed by atoms with E-state index in [1.165, 1.54) is 13.8 Å². The zero-order valence-electron chi connectivity index (χ0n) is 23.7. The molecular formula is C31H42O8. The average molecular weight is 543 g/mol. The Morgan fingerprint density at radius 1 is 1.18 bits per heavy atom. The minimum atomic E-state index is -1.90. The first kappa shape index (κ1) is 28.2. The number of cyclic esters (lactones) is 1. The molecule has 1 unspecified atom stereocenters. The maximum Gasteiger partial charge on any atom is 0.334 e. The van der Waals surface area contributed by atoms with Gasteiger partial charge in [0.15, 0.2) is 5.78 Å². The van der Waals surface area contributed by atoms with Gasteiger partial charge in [-0.15, -0.1) is 0 Å². The lowest BCUT2D eigenvalue weighted by atomic mass is 9.43. The maximum atomic E-state index is 13.3. The van der Waals surface area contributed by atoms with E-state index in [4.69, 9.17) is 9.47 Å². The molecule has 214 valence electrons. The molecule has 0 spiro atoms. The first-order valence-electron chi connectivity index (χ1n) is 14.2. The van der Waals surface area contributed by atoms with Crippen LogP contribution in [0.5, 0.6) is 0 Å². The van der Waals surface area contributed by atoms with E-state index in [-0.39, 0.29) is 49.9 Å². The van der Waals surface area contributed by atoms with Crippen LogP contribution in [-0.4, -0.2) is 62.6 Å². The van der Waals surface area contributed by atoms with Crippen LogP contribution in [0.3, 0.4) is 0 Å². The van der Waals surface area contributed by atoms with Crippen LogP contribution in [0.15, 0.2) is 34.9 Å². The van der Waals surface area contributed by atoms with Crippen molar-refractivity contribution in [1.82, 2.24) is 0 Å². The van der Waals surface area contributed by atoms with Crippen molar-refractivity contribution >= 4 is 17.7 Å². The quantitative estimate of drug-likeness (QED) is 0.356. The number of allylic oxidation sites excluding steroid dienone is 4. The Morgan fingerprint density at radius 2 is 1.90 bits per heavy atom. The van der Waals surface area contributed by atoms with Gasteiger partial charge >= 0.3 is 11.9 Å². The van der Waals surface area contributed by atoms with Crippen LogP contribution in [0.1, 0.15) is 86.0 Å². The smallest absolute Gasteiger partial charge is 0.334 e. The van der Waals surface area contributed by atoms with Gasteiger partial charge in [-0.05, 0) is 90.6 Å². The fourth-order valence-corrected chi connectivity index (χ4v) is 9.08. The van der Waals surface area contributed by atoms with E-state index in [0.717, 1.165) is 11.1 Å². The van der Waals surface area contributed by atoms with Crippen LogP contribution in [0.4, 0.5) is 0 Å². The molecule has 0 amide bonds. The standard InChI is InChI=1S/C31H42O8/c1-18-17-25(39-26(34)19(18)2)28(5,35)31(37)14-13-30(36)23-10-9-21-7-6-8-24(33)27(21,4)22(23)11-12-29(30,31)15-16-38-20(3)32/h6,8-9,22-23,25,35-37H,7,10-17H2,1-5H3/t22-,23+,25+,27-,28?,29+,30+,31+/m0/s1. The molecule has 8 nitrogen and oxygen atoms in total. The highest BCUT2D eigenvalue weighted by Crippen LogP contribution is 2.71. The molecule has 5 aliphatic rings. The third-order valence-electron chi connectivity index (χ3n) is 11.6. The number of rotatable bonds is 5. The summed E-state index contributed by atoms with van der Waals surface area (Å²) in [4.78, 5) is 37.6. The van der Waals surface area contributed by atoms with Crippen molar-refractivity contribution in [2.24, 2.45) is 22.7 Å². The highest BCUT2D eigenvalue weighted by molar-refractivity contribution is 5.98. The number of hydrogen-bond acceptors (Lipinski definition) is 8. The molecular weight excluding hydrogens is 500 g/mol. The molecule has 4 aliphatic carbocycles. The minimum absolute atomic E-state index is 0.0318. The summed E-state index contributed by atoms with van der Waals surface area (Å²) in [5.74, 6) is -1.42. The third kappa shape index (κ3) is 3.63. The van der Waals surface area contributed by atoms with Gasteiger partial charge in [-0.25, -0.2) is 4.79 Å². The van der Waals surface area contributed by atoms with Gasteiger partial charge in [0.1, 0.15) is 17.3 Å². The molecule has 1 heterocycles. The Balaban J connectivity index is 1.59. The third-order valence-corrected chi connectivity index (χ3v) is 11.6. The van der Waals surface area contributed by atoms with E-state index in [2.05, 4.69) is 6.08 Å². The zero-order valence-corrected chi connectivity index (χ0v) is 23.7. The van der Waals surface area contributed by atoms with Crippen molar-refractivity contribution < 1.29 is 39.2 Å². The number of carbonyl (C=O) groups is 3. The molecule has 0 saturated heterocycles. The predicted molar refractivity (Wildman–Crippen MR) is 142 cm³/mol. The van der Waals surface area contributed by atoms with E-state index in [1.54, 1.807) is 13.0 Å². The van der Waals surface area contributed by atoms with Gasteiger partial charge in [0.05, 0.1) is 17.6 Å². The van der Waals surface area contributed by atoms with Crippen LogP contribution in [0.25, 0.3) is 0 Å². The molecule has 0 radical (unpaired) electrons. The summed E-state index contributed by atoms with van der Waals surface area (Å²) in [6.07, 6.45) is 7.45. The first-order chi connectivity index (χ1) is 18.2. The maximum absolute atomic E-state index is 13.3. The molecule has 8 heteroatoms. The van der Waals surface area contributed by atoms with Gasteiger partial charge in [0.25, 0.3) is 0 Å². The molecule has 2 fully saturated rings.